The van der Waals surface area contributed by atoms with Crippen LogP contribution >= 0.6 is 0 Å². The number of esters is 1. The molecule has 0 aliphatic rings. The fraction of sp³-hybridized carbons (Fsp3) is 0.130. The number of amides is 2. The van der Waals surface area contributed by atoms with Gasteiger partial charge in [0, 0.05) is 31.5 Å². The second kappa shape index (κ2) is 10.0. The van der Waals surface area contributed by atoms with E-state index in [9.17, 15) is 14.4 Å². The van der Waals surface area contributed by atoms with Crippen molar-refractivity contribution in [3.63, 3.8) is 0 Å². The van der Waals surface area contributed by atoms with Crippen molar-refractivity contribution in [2.24, 2.45) is 0 Å². The molecule has 0 spiro atoms. The summed E-state index contributed by atoms with van der Waals surface area (Å²) < 4.78 is 10.8. The van der Waals surface area contributed by atoms with Crippen molar-refractivity contribution >= 4 is 23.5 Å². The molecule has 0 aliphatic carbocycles. The molecule has 0 atom stereocenters. The highest BCUT2D eigenvalue weighted by atomic mass is 16.5. The van der Waals surface area contributed by atoms with Crippen LogP contribution in [0, 0.1) is 0 Å². The van der Waals surface area contributed by atoms with Crippen molar-refractivity contribution in [3.05, 3.63) is 84.2 Å². The number of anilines is 1. The van der Waals surface area contributed by atoms with E-state index in [1.165, 1.54) is 11.1 Å². The molecule has 2 amide bonds. The molecule has 0 bridgehead atoms. The Balaban J connectivity index is 1.57. The Bertz CT molecular complexity index is 1070. The third kappa shape index (κ3) is 5.89. The fourth-order valence-corrected chi connectivity index (χ4v) is 2.62. The van der Waals surface area contributed by atoms with Gasteiger partial charge in [0.1, 0.15) is 17.1 Å². The summed E-state index contributed by atoms with van der Waals surface area (Å²) in [5.41, 5.74) is 1.17. The number of nitrogens with one attached hydrogen (secondary N) is 1. The molecule has 0 unspecified atom stereocenters. The summed E-state index contributed by atoms with van der Waals surface area (Å²) in [5.74, 6) is -0.579. The van der Waals surface area contributed by atoms with Crippen molar-refractivity contribution in [3.8, 4) is 11.5 Å². The van der Waals surface area contributed by atoms with Gasteiger partial charge >= 0.3 is 5.97 Å². The molecule has 1 N–H and O–H groups in total. The largest absolute Gasteiger partial charge is 0.455 e. The van der Waals surface area contributed by atoms with Crippen LogP contribution in [0.4, 0.5) is 5.69 Å². The summed E-state index contributed by atoms with van der Waals surface area (Å²) in [6.07, 6.45) is 3.13. The second-order valence-corrected chi connectivity index (χ2v) is 6.69. The molecule has 1 heterocycles. The SMILES string of the molecule is CN(C)C(=O)c1ccc(NC(=O)COC(=O)c2ccccc2Oc2cccnc2)cc1. The maximum atomic E-state index is 12.5. The van der Waals surface area contributed by atoms with Gasteiger partial charge in [-0.15, -0.1) is 0 Å². The molecule has 8 nitrogen and oxygen atoms in total. The Labute approximate surface area is 179 Å². The van der Waals surface area contributed by atoms with Gasteiger partial charge < -0.3 is 19.7 Å². The number of ether oxygens (including phenoxy) is 2. The lowest BCUT2D eigenvalue weighted by Crippen LogP contribution is -2.22. The molecule has 31 heavy (non-hydrogen) atoms. The van der Waals surface area contributed by atoms with Crippen LogP contribution in [0.5, 0.6) is 11.5 Å². The van der Waals surface area contributed by atoms with Gasteiger partial charge in [0.25, 0.3) is 11.8 Å². The number of para-hydroxylation sites is 1. The molecule has 0 radical (unpaired) electrons. The number of carbonyl (C=O) groups excluding carboxylic acids is 3. The Hall–Kier alpha value is -4.20. The minimum Gasteiger partial charge on any atom is -0.455 e. The van der Waals surface area contributed by atoms with E-state index >= 15 is 0 Å². The lowest BCUT2D eigenvalue weighted by atomic mass is 10.2. The Morgan fingerprint density at radius 2 is 1.71 bits per heavy atom. The first kappa shape index (κ1) is 21.5. The third-order valence-electron chi connectivity index (χ3n) is 4.13. The van der Waals surface area contributed by atoms with Crippen molar-refractivity contribution in [2.45, 2.75) is 0 Å². The average Bonchev–Trinajstić information content (AvgIpc) is 2.78. The van der Waals surface area contributed by atoms with Crippen molar-refractivity contribution in [1.29, 1.82) is 0 Å². The predicted molar refractivity (Wildman–Crippen MR) is 114 cm³/mol. The van der Waals surface area contributed by atoms with Gasteiger partial charge in [0.05, 0.1) is 6.20 Å². The van der Waals surface area contributed by atoms with Crippen LogP contribution in [0.3, 0.4) is 0 Å². The van der Waals surface area contributed by atoms with Crippen molar-refractivity contribution in [2.75, 3.05) is 26.0 Å². The molecule has 3 rings (SSSR count). The zero-order valence-electron chi connectivity index (χ0n) is 17.1. The number of benzene rings is 2. The zero-order chi connectivity index (χ0) is 22.2. The maximum absolute atomic E-state index is 12.5. The molecule has 8 heteroatoms. The fourth-order valence-electron chi connectivity index (χ4n) is 2.62. The summed E-state index contributed by atoms with van der Waals surface area (Å²) in [7, 11) is 3.32. The monoisotopic (exact) mass is 419 g/mol. The molecule has 1 aromatic heterocycles. The lowest BCUT2D eigenvalue weighted by molar-refractivity contribution is -0.119. The van der Waals surface area contributed by atoms with Gasteiger partial charge in [-0.25, -0.2) is 4.79 Å². The average molecular weight is 419 g/mol. The summed E-state index contributed by atoms with van der Waals surface area (Å²) in [5, 5.41) is 2.62. The molecule has 0 saturated heterocycles. The van der Waals surface area contributed by atoms with E-state index in [1.54, 1.807) is 81.0 Å². The Morgan fingerprint density at radius 1 is 0.968 bits per heavy atom. The number of nitrogens with zero attached hydrogens (tertiary/aromatic N) is 2. The highest BCUT2D eigenvalue weighted by molar-refractivity contribution is 5.98. The van der Waals surface area contributed by atoms with Gasteiger partial charge in [-0.1, -0.05) is 12.1 Å². The van der Waals surface area contributed by atoms with Crippen LogP contribution in [0.25, 0.3) is 0 Å². The van der Waals surface area contributed by atoms with E-state index in [-0.39, 0.29) is 11.5 Å². The van der Waals surface area contributed by atoms with Crippen LogP contribution in [-0.4, -0.2) is 48.4 Å². The van der Waals surface area contributed by atoms with Gasteiger partial charge in [-0.2, -0.15) is 0 Å². The minimum atomic E-state index is -0.693. The smallest absolute Gasteiger partial charge is 0.342 e. The van der Waals surface area contributed by atoms with Gasteiger partial charge in [-0.3, -0.25) is 14.6 Å². The number of pyridine rings is 1. The van der Waals surface area contributed by atoms with E-state index in [0.717, 1.165) is 0 Å². The van der Waals surface area contributed by atoms with E-state index in [0.29, 0.717) is 22.7 Å². The first-order chi connectivity index (χ1) is 14.9. The first-order valence-electron chi connectivity index (χ1n) is 9.39. The van der Waals surface area contributed by atoms with Gasteiger partial charge in [0.15, 0.2) is 6.61 Å². The maximum Gasteiger partial charge on any atom is 0.342 e. The van der Waals surface area contributed by atoms with Crippen LogP contribution in [-0.2, 0) is 9.53 Å². The minimum absolute atomic E-state index is 0.140. The van der Waals surface area contributed by atoms with E-state index < -0.39 is 18.5 Å². The van der Waals surface area contributed by atoms with Crippen molar-refractivity contribution in [1.82, 2.24) is 9.88 Å². The van der Waals surface area contributed by atoms with Crippen LogP contribution < -0.4 is 10.1 Å². The standard InChI is InChI=1S/C23H21N3O5/c1-26(2)22(28)16-9-11-17(12-10-16)25-21(27)15-30-23(29)19-7-3-4-8-20(19)31-18-6-5-13-24-14-18/h3-14H,15H2,1-2H3,(H,25,27). The number of aromatic nitrogens is 1. The van der Waals surface area contributed by atoms with Crippen LogP contribution in [0.2, 0.25) is 0 Å². The molecule has 3 aromatic rings. The molecule has 158 valence electrons. The topological polar surface area (TPSA) is 97.8 Å². The quantitative estimate of drug-likeness (QED) is 0.590. The summed E-state index contributed by atoms with van der Waals surface area (Å²) in [6, 6.07) is 16.4. The second-order valence-electron chi connectivity index (χ2n) is 6.69. The molecule has 0 aliphatic heterocycles. The summed E-state index contributed by atoms with van der Waals surface area (Å²) >= 11 is 0. The van der Waals surface area contributed by atoms with Crippen molar-refractivity contribution < 1.29 is 23.9 Å². The number of carbonyl (C=O) groups is 3. The predicted octanol–water partition coefficient (Wildman–Crippen LogP) is 3.37. The first-order valence-corrected chi connectivity index (χ1v) is 9.39. The van der Waals surface area contributed by atoms with E-state index in [1.807, 2.05) is 0 Å². The third-order valence-corrected chi connectivity index (χ3v) is 4.13. The highest BCUT2D eigenvalue weighted by Crippen LogP contribution is 2.25. The summed E-state index contributed by atoms with van der Waals surface area (Å²) in [6.45, 7) is -0.474. The highest BCUT2D eigenvalue weighted by Gasteiger charge is 2.16. The van der Waals surface area contributed by atoms with E-state index in [2.05, 4.69) is 10.3 Å². The van der Waals surface area contributed by atoms with E-state index in [4.69, 9.17) is 9.47 Å². The lowest BCUT2D eigenvalue weighted by Gasteiger charge is -2.12. The normalized spacial score (nSPS) is 10.1. The Kier molecular flexibility index (Phi) is 6.95. The molecule has 0 fully saturated rings. The van der Waals surface area contributed by atoms with Crippen LogP contribution in [0.1, 0.15) is 20.7 Å². The molecule has 2 aromatic carbocycles. The summed E-state index contributed by atoms with van der Waals surface area (Å²) in [4.78, 5) is 41.9. The van der Waals surface area contributed by atoms with Gasteiger partial charge in [0.2, 0.25) is 0 Å². The molecular weight excluding hydrogens is 398 g/mol. The zero-order valence-corrected chi connectivity index (χ0v) is 17.1. The number of hydrogen-bond donors (Lipinski definition) is 1. The molecular formula is C23H21N3O5. The number of rotatable bonds is 7. The Morgan fingerprint density at radius 3 is 2.39 bits per heavy atom. The number of hydrogen-bond acceptors (Lipinski definition) is 6. The molecule has 0 saturated carbocycles. The van der Waals surface area contributed by atoms with Gasteiger partial charge in [-0.05, 0) is 48.5 Å². The van der Waals surface area contributed by atoms with Crippen LogP contribution in [0.15, 0.2) is 73.1 Å².